The number of hydrogen-bond donors (Lipinski definition) is 1. The molecule has 0 unspecified atom stereocenters. The molecule has 156 valence electrons. The van der Waals surface area contributed by atoms with Crippen LogP contribution in [0, 0.1) is 5.82 Å². The Balaban J connectivity index is 0.00000240. The fourth-order valence-electron chi connectivity index (χ4n) is 3.83. The summed E-state index contributed by atoms with van der Waals surface area (Å²) >= 11 is 0. The summed E-state index contributed by atoms with van der Waals surface area (Å²) in [6, 6.07) is 11.6. The third-order valence-electron chi connectivity index (χ3n) is 5.16. The number of ether oxygens (including phenoxy) is 2. The molecule has 0 amide bonds. The lowest BCUT2D eigenvalue weighted by atomic mass is 10.0. The van der Waals surface area contributed by atoms with Crippen LogP contribution in [0.15, 0.2) is 41.4 Å². The van der Waals surface area contributed by atoms with E-state index in [4.69, 9.17) is 14.5 Å². The molecule has 0 radical (unpaired) electrons. The van der Waals surface area contributed by atoms with Gasteiger partial charge in [0.1, 0.15) is 11.6 Å². The van der Waals surface area contributed by atoms with Crippen molar-refractivity contribution in [2.75, 3.05) is 26.4 Å². The van der Waals surface area contributed by atoms with Crippen molar-refractivity contribution in [3.05, 3.63) is 64.5 Å². The Morgan fingerprint density at radius 1 is 1.21 bits per heavy atom. The van der Waals surface area contributed by atoms with Gasteiger partial charge in [-0.2, -0.15) is 0 Å². The Bertz CT molecular complexity index is 875. The van der Waals surface area contributed by atoms with Crippen molar-refractivity contribution in [3.63, 3.8) is 0 Å². The van der Waals surface area contributed by atoms with Gasteiger partial charge in [0.25, 0.3) is 0 Å². The number of halogens is 2. The van der Waals surface area contributed by atoms with Gasteiger partial charge in [0, 0.05) is 31.7 Å². The molecule has 0 atom stereocenters. The standard InChI is InChI=1S/C22H26FN3O2.HI/c1-2-24-22(26-10-8-16-5-3-4-6-18(16)13-26)25-9-7-17-11-20(23)12-19-14-27-15-28-21(17)19;/h3-6,11-12H,2,7-10,13-15H2,1H3,(H,24,25);1H. The highest BCUT2D eigenvalue weighted by atomic mass is 127. The van der Waals surface area contributed by atoms with Crippen LogP contribution in [-0.2, 0) is 30.7 Å². The highest BCUT2D eigenvalue weighted by Crippen LogP contribution is 2.29. The molecule has 2 aromatic carbocycles. The Morgan fingerprint density at radius 2 is 2.03 bits per heavy atom. The van der Waals surface area contributed by atoms with E-state index >= 15 is 0 Å². The maximum Gasteiger partial charge on any atom is 0.194 e. The zero-order valence-electron chi connectivity index (χ0n) is 16.6. The maximum atomic E-state index is 13.9. The molecule has 0 bridgehead atoms. The van der Waals surface area contributed by atoms with Gasteiger partial charge in [-0.05, 0) is 48.6 Å². The molecule has 1 N–H and O–H groups in total. The fourth-order valence-corrected chi connectivity index (χ4v) is 3.83. The van der Waals surface area contributed by atoms with Crippen molar-refractivity contribution in [2.24, 2.45) is 4.99 Å². The van der Waals surface area contributed by atoms with Gasteiger partial charge in [-0.3, -0.25) is 4.99 Å². The van der Waals surface area contributed by atoms with E-state index in [0.29, 0.717) is 19.6 Å². The van der Waals surface area contributed by atoms with Crippen LogP contribution in [0.25, 0.3) is 0 Å². The molecule has 4 rings (SSSR count). The van der Waals surface area contributed by atoms with Gasteiger partial charge in [0.2, 0.25) is 0 Å². The minimum Gasteiger partial charge on any atom is -0.467 e. The van der Waals surface area contributed by atoms with Gasteiger partial charge in [0.15, 0.2) is 12.8 Å². The van der Waals surface area contributed by atoms with E-state index in [9.17, 15) is 4.39 Å². The first-order valence-electron chi connectivity index (χ1n) is 9.86. The van der Waals surface area contributed by atoms with Crippen molar-refractivity contribution in [3.8, 4) is 5.75 Å². The lowest BCUT2D eigenvalue weighted by molar-refractivity contribution is -0.0172. The van der Waals surface area contributed by atoms with Crippen LogP contribution >= 0.6 is 24.0 Å². The maximum absolute atomic E-state index is 13.9. The summed E-state index contributed by atoms with van der Waals surface area (Å²) in [6.45, 7) is 5.86. The lowest BCUT2D eigenvalue weighted by Crippen LogP contribution is -2.44. The molecule has 0 aliphatic carbocycles. The number of aliphatic imine (C=N–C) groups is 1. The van der Waals surface area contributed by atoms with Crippen molar-refractivity contribution >= 4 is 29.9 Å². The van der Waals surface area contributed by atoms with Gasteiger partial charge < -0.3 is 19.7 Å². The van der Waals surface area contributed by atoms with Gasteiger partial charge in [0.05, 0.1) is 6.61 Å². The second-order valence-electron chi connectivity index (χ2n) is 7.09. The van der Waals surface area contributed by atoms with Crippen LogP contribution in [0.3, 0.4) is 0 Å². The smallest absolute Gasteiger partial charge is 0.194 e. The third-order valence-corrected chi connectivity index (χ3v) is 5.16. The zero-order chi connectivity index (χ0) is 19.3. The second-order valence-corrected chi connectivity index (χ2v) is 7.09. The molecule has 2 aliphatic rings. The summed E-state index contributed by atoms with van der Waals surface area (Å²) in [4.78, 5) is 7.10. The number of nitrogens with one attached hydrogen (secondary N) is 1. The molecule has 0 saturated carbocycles. The van der Waals surface area contributed by atoms with E-state index in [1.54, 1.807) is 6.07 Å². The highest BCUT2D eigenvalue weighted by Gasteiger charge is 2.19. The van der Waals surface area contributed by atoms with Gasteiger partial charge in [-0.25, -0.2) is 4.39 Å². The number of fused-ring (bicyclic) bond motifs is 2. The van der Waals surface area contributed by atoms with E-state index in [-0.39, 0.29) is 36.6 Å². The number of nitrogens with zero attached hydrogens (tertiary/aromatic N) is 2. The molecule has 2 aromatic rings. The monoisotopic (exact) mass is 511 g/mol. The Morgan fingerprint density at radius 3 is 2.86 bits per heavy atom. The van der Waals surface area contributed by atoms with Crippen molar-refractivity contribution in [2.45, 2.75) is 32.9 Å². The second kappa shape index (κ2) is 10.2. The summed E-state index contributed by atoms with van der Waals surface area (Å²) in [5, 5.41) is 3.39. The minimum atomic E-state index is -0.258. The van der Waals surface area contributed by atoms with Crippen molar-refractivity contribution < 1.29 is 13.9 Å². The van der Waals surface area contributed by atoms with Crippen LogP contribution in [0.5, 0.6) is 5.75 Å². The molecule has 5 nitrogen and oxygen atoms in total. The highest BCUT2D eigenvalue weighted by molar-refractivity contribution is 14.0. The van der Waals surface area contributed by atoms with E-state index in [1.807, 2.05) is 0 Å². The lowest BCUT2D eigenvalue weighted by Gasteiger charge is -2.31. The van der Waals surface area contributed by atoms with Crippen LogP contribution < -0.4 is 10.1 Å². The summed E-state index contributed by atoms with van der Waals surface area (Å²) in [5.74, 6) is 1.40. The number of guanidine groups is 1. The first-order valence-corrected chi connectivity index (χ1v) is 9.86. The van der Waals surface area contributed by atoms with Gasteiger partial charge in [-0.1, -0.05) is 24.3 Å². The molecule has 2 heterocycles. The molecule has 29 heavy (non-hydrogen) atoms. The van der Waals surface area contributed by atoms with Crippen LogP contribution in [0.1, 0.15) is 29.2 Å². The van der Waals surface area contributed by atoms with E-state index in [1.165, 1.54) is 17.2 Å². The van der Waals surface area contributed by atoms with E-state index in [2.05, 4.69) is 41.4 Å². The third kappa shape index (κ3) is 5.19. The molecule has 0 fully saturated rings. The molecule has 7 heteroatoms. The van der Waals surface area contributed by atoms with Gasteiger partial charge >= 0.3 is 0 Å². The summed E-state index contributed by atoms with van der Waals surface area (Å²) in [5.41, 5.74) is 4.39. The first-order chi connectivity index (χ1) is 13.7. The van der Waals surface area contributed by atoms with Crippen molar-refractivity contribution in [1.82, 2.24) is 10.2 Å². The number of rotatable bonds is 4. The average molecular weight is 511 g/mol. The van der Waals surface area contributed by atoms with E-state index < -0.39 is 0 Å². The Kier molecular flexibility index (Phi) is 7.71. The average Bonchev–Trinajstić information content (AvgIpc) is 2.72. The number of benzene rings is 2. The summed E-state index contributed by atoms with van der Waals surface area (Å²) < 4.78 is 24.8. The molecule has 2 aliphatic heterocycles. The molecular formula is C22H27FIN3O2. The van der Waals surface area contributed by atoms with Gasteiger partial charge in [-0.15, -0.1) is 24.0 Å². The summed E-state index contributed by atoms with van der Waals surface area (Å²) in [7, 11) is 0. The first kappa shape index (κ1) is 21.8. The Labute approximate surface area is 188 Å². The van der Waals surface area contributed by atoms with Crippen molar-refractivity contribution in [1.29, 1.82) is 0 Å². The summed E-state index contributed by atoms with van der Waals surface area (Å²) in [6.07, 6.45) is 1.64. The van der Waals surface area contributed by atoms with Crippen LogP contribution in [0.4, 0.5) is 4.39 Å². The molecule has 0 aromatic heterocycles. The molecular weight excluding hydrogens is 484 g/mol. The number of hydrogen-bond acceptors (Lipinski definition) is 3. The predicted octanol–water partition coefficient (Wildman–Crippen LogP) is 3.88. The fraction of sp³-hybridized carbons (Fsp3) is 0.409. The normalized spacial score (nSPS) is 15.7. The SMILES string of the molecule is CCNC(=NCCc1cc(F)cc2c1OCOC2)N1CCc2ccccc2C1.I. The van der Waals surface area contributed by atoms with Crippen LogP contribution in [0.2, 0.25) is 0 Å². The minimum absolute atomic E-state index is 0. The Hall–Kier alpha value is -1.87. The molecule has 0 spiro atoms. The predicted molar refractivity (Wildman–Crippen MR) is 122 cm³/mol. The topological polar surface area (TPSA) is 46.1 Å². The molecule has 0 saturated heterocycles. The zero-order valence-corrected chi connectivity index (χ0v) is 18.9. The largest absolute Gasteiger partial charge is 0.467 e. The van der Waals surface area contributed by atoms with E-state index in [0.717, 1.165) is 48.9 Å². The van der Waals surface area contributed by atoms with Crippen LogP contribution in [-0.4, -0.2) is 37.3 Å². The quantitative estimate of drug-likeness (QED) is 0.385.